The van der Waals surface area contributed by atoms with Crippen LogP contribution in [0.15, 0.2) is 24.3 Å². The van der Waals surface area contributed by atoms with Crippen LogP contribution in [0, 0.1) is 6.92 Å². The molecule has 2 aliphatic rings. The summed E-state index contributed by atoms with van der Waals surface area (Å²) in [5, 5.41) is 12.7. The van der Waals surface area contributed by atoms with E-state index in [1.165, 1.54) is 24.0 Å². The summed E-state index contributed by atoms with van der Waals surface area (Å²) in [5.74, 6) is -0.00736. The highest BCUT2D eigenvalue weighted by Gasteiger charge is 2.38. The van der Waals surface area contributed by atoms with Gasteiger partial charge in [-0.25, -0.2) is 0 Å². The van der Waals surface area contributed by atoms with Crippen LogP contribution in [-0.2, 0) is 4.79 Å². The second-order valence-corrected chi connectivity index (χ2v) is 7.17. The minimum Gasteiger partial charge on any atom is -0.480 e. The van der Waals surface area contributed by atoms with Crippen molar-refractivity contribution in [2.45, 2.75) is 63.6 Å². The van der Waals surface area contributed by atoms with E-state index < -0.39 is 5.97 Å². The molecule has 0 aromatic heterocycles. The molecule has 0 aliphatic heterocycles. The van der Waals surface area contributed by atoms with E-state index in [4.69, 9.17) is 5.11 Å². The Morgan fingerprint density at radius 1 is 1.22 bits per heavy atom. The van der Waals surface area contributed by atoms with Crippen LogP contribution in [0.2, 0.25) is 0 Å². The summed E-state index contributed by atoms with van der Waals surface area (Å²) in [6.07, 6.45) is 4.65. The van der Waals surface area contributed by atoms with Gasteiger partial charge in [0.2, 0.25) is 0 Å². The van der Waals surface area contributed by atoms with Crippen LogP contribution in [0.1, 0.15) is 49.7 Å². The molecular formula is C19H28N2O2. The van der Waals surface area contributed by atoms with E-state index >= 15 is 0 Å². The fourth-order valence-corrected chi connectivity index (χ4v) is 4.08. The van der Waals surface area contributed by atoms with Gasteiger partial charge in [0.1, 0.15) is 0 Å². The van der Waals surface area contributed by atoms with Gasteiger partial charge >= 0.3 is 5.97 Å². The zero-order valence-electron chi connectivity index (χ0n) is 14.2. The number of nitrogens with zero attached hydrogens (tertiary/aromatic N) is 1. The number of carboxylic acid groups (broad SMARTS) is 1. The molecule has 1 aromatic carbocycles. The van der Waals surface area contributed by atoms with Gasteiger partial charge in [-0.15, -0.1) is 0 Å². The number of aliphatic carboxylic acids is 1. The zero-order valence-corrected chi connectivity index (χ0v) is 14.2. The lowest BCUT2D eigenvalue weighted by molar-refractivity contribution is -0.139. The van der Waals surface area contributed by atoms with E-state index in [0.29, 0.717) is 24.0 Å². The number of benzene rings is 1. The molecule has 0 radical (unpaired) electrons. The molecule has 0 bridgehead atoms. The highest BCUT2D eigenvalue weighted by Crippen LogP contribution is 2.39. The summed E-state index contributed by atoms with van der Waals surface area (Å²) in [5.41, 5.74) is 2.92. The van der Waals surface area contributed by atoms with Crippen molar-refractivity contribution in [2.24, 2.45) is 0 Å². The Bertz CT molecular complexity index is 548. The number of likely N-dealkylation sites (N-methyl/N-ethyl adjacent to an activating group) is 1. The molecule has 23 heavy (non-hydrogen) atoms. The van der Waals surface area contributed by atoms with Crippen molar-refractivity contribution >= 4 is 5.97 Å². The van der Waals surface area contributed by atoms with E-state index in [1.807, 2.05) is 6.92 Å². The molecule has 126 valence electrons. The number of rotatable bonds is 7. The van der Waals surface area contributed by atoms with E-state index in [2.05, 4.69) is 41.4 Å². The van der Waals surface area contributed by atoms with Gasteiger partial charge in [0, 0.05) is 18.1 Å². The lowest BCUT2D eigenvalue weighted by Crippen LogP contribution is -2.57. The molecule has 2 fully saturated rings. The van der Waals surface area contributed by atoms with Crippen LogP contribution in [0.4, 0.5) is 0 Å². The van der Waals surface area contributed by atoms with Crippen molar-refractivity contribution in [2.75, 3.05) is 13.1 Å². The molecule has 0 heterocycles. The normalized spacial score (nSPS) is 29.9. The Labute approximate surface area is 138 Å². The van der Waals surface area contributed by atoms with Crippen LogP contribution in [0.5, 0.6) is 0 Å². The average Bonchev–Trinajstić information content (AvgIpc) is 2.43. The predicted molar refractivity (Wildman–Crippen MR) is 91.8 cm³/mol. The number of hydrogen-bond acceptors (Lipinski definition) is 3. The van der Waals surface area contributed by atoms with Crippen LogP contribution >= 0.6 is 0 Å². The standard InChI is InChI=1S/C19H28N2O2/c1-3-21(12-19(22)23)17-10-16(11-17)20-15-8-14(9-15)18-7-5-4-6-13(18)2/h4-7,14-17,20H,3,8-12H2,1-2H3,(H,22,23). The highest BCUT2D eigenvalue weighted by atomic mass is 16.4. The largest absolute Gasteiger partial charge is 0.480 e. The zero-order chi connectivity index (χ0) is 16.4. The second-order valence-electron chi connectivity index (χ2n) is 7.17. The lowest BCUT2D eigenvalue weighted by atomic mass is 9.73. The van der Waals surface area contributed by atoms with Crippen molar-refractivity contribution in [1.82, 2.24) is 10.2 Å². The Hall–Kier alpha value is -1.39. The third-order valence-corrected chi connectivity index (χ3v) is 5.61. The van der Waals surface area contributed by atoms with Crippen molar-refractivity contribution in [3.05, 3.63) is 35.4 Å². The van der Waals surface area contributed by atoms with Crippen molar-refractivity contribution < 1.29 is 9.90 Å². The van der Waals surface area contributed by atoms with Gasteiger partial charge in [-0.05, 0) is 56.2 Å². The number of aryl methyl sites for hydroxylation is 1. The first-order valence-corrected chi connectivity index (χ1v) is 8.84. The maximum atomic E-state index is 10.9. The number of carboxylic acids is 1. The summed E-state index contributed by atoms with van der Waals surface area (Å²) in [6, 6.07) is 10.4. The van der Waals surface area contributed by atoms with E-state index in [-0.39, 0.29) is 6.54 Å². The molecule has 0 atom stereocenters. The third-order valence-electron chi connectivity index (χ3n) is 5.61. The first-order chi connectivity index (χ1) is 11.1. The Balaban J connectivity index is 1.39. The quantitative estimate of drug-likeness (QED) is 0.812. The second kappa shape index (κ2) is 7.02. The maximum Gasteiger partial charge on any atom is 0.317 e. The third kappa shape index (κ3) is 3.75. The molecule has 2 aliphatic carbocycles. The summed E-state index contributed by atoms with van der Waals surface area (Å²) in [4.78, 5) is 12.9. The van der Waals surface area contributed by atoms with Gasteiger partial charge in [-0.2, -0.15) is 0 Å². The van der Waals surface area contributed by atoms with Gasteiger partial charge in [0.15, 0.2) is 0 Å². The van der Waals surface area contributed by atoms with Crippen LogP contribution in [0.25, 0.3) is 0 Å². The molecule has 0 amide bonds. The number of hydrogen-bond donors (Lipinski definition) is 2. The average molecular weight is 316 g/mol. The molecule has 2 N–H and O–H groups in total. The van der Waals surface area contributed by atoms with Crippen molar-refractivity contribution in [3.8, 4) is 0 Å². The smallest absolute Gasteiger partial charge is 0.317 e. The van der Waals surface area contributed by atoms with Gasteiger partial charge in [-0.3, -0.25) is 9.69 Å². The van der Waals surface area contributed by atoms with Crippen LogP contribution in [0.3, 0.4) is 0 Å². The van der Waals surface area contributed by atoms with Crippen molar-refractivity contribution in [3.63, 3.8) is 0 Å². The van der Waals surface area contributed by atoms with E-state index in [0.717, 1.165) is 19.4 Å². The number of carbonyl (C=O) groups is 1. The van der Waals surface area contributed by atoms with Gasteiger partial charge in [0.05, 0.1) is 6.54 Å². The molecule has 0 spiro atoms. The van der Waals surface area contributed by atoms with E-state index in [1.54, 1.807) is 0 Å². The SMILES string of the molecule is CCN(CC(=O)O)C1CC(NC2CC(c3ccccc3C)C2)C1. The van der Waals surface area contributed by atoms with Crippen LogP contribution < -0.4 is 5.32 Å². The summed E-state index contributed by atoms with van der Waals surface area (Å²) in [6.45, 7) is 5.24. The molecular weight excluding hydrogens is 288 g/mol. The summed E-state index contributed by atoms with van der Waals surface area (Å²) < 4.78 is 0. The van der Waals surface area contributed by atoms with Gasteiger partial charge in [-0.1, -0.05) is 31.2 Å². The number of nitrogens with one attached hydrogen (secondary N) is 1. The van der Waals surface area contributed by atoms with Gasteiger partial charge < -0.3 is 10.4 Å². The van der Waals surface area contributed by atoms with Crippen molar-refractivity contribution in [1.29, 1.82) is 0 Å². The molecule has 0 unspecified atom stereocenters. The molecule has 4 heteroatoms. The molecule has 2 saturated carbocycles. The maximum absolute atomic E-state index is 10.9. The minimum absolute atomic E-state index is 0.173. The minimum atomic E-state index is -0.719. The van der Waals surface area contributed by atoms with E-state index in [9.17, 15) is 4.79 Å². The summed E-state index contributed by atoms with van der Waals surface area (Å²) in [7, 11) is 0. The first-order valence-electron chi connectivity index (χ1n) is 8.84. The van der Waals surface area contributed by atoms with Crippen LogP contribution in [-0.4, -0.2) is 47.2 Å². The topological polar surface area (TPSA) is 52.6 Å². The monoisotopic (exact) mass is 316 g/mol. The first kappa shape index (κ1) is 16.5. The van der Waals surface area contributed by atoms with Gasteiger partial charge in [0.25, 0.3) is 0 Å². The molecule has 4 nitrogen and oxygen atoms in total. The molecule has 0 saturated heterocycles. The molecule has 3 rings (SSSR count). The Kier molecular flexibility index (Phi) is 5.02. The Morgan fingerprint density at radius 3 is 2.48 bits per heavy atom. The summed E-state index contributed by atoms with van der Waals surface area (Å²) >= 11 is 0. The fourth-order valence-electron chi connectivity index (χ4n) is 4.08. The molecule has 1 aromatic rings. The predicted octanol–water partition coefficient (Wildman–Crippen LogP) is 2.77. The lowest BCUT2D eigenvalue weighted by Gasteiger charge is -2.47. The highest BCUT2D eigenvalue weighted by molar-refractivity contribution is 5.69. The fraction of sp³-hybridized carbons (Fsp3) is 0.632. The Morgan fingerprint density at radius 2 is 1.87 bits per heavy atom.